The fourth-order valence-corrected chi connectivity index (χ4v) is 11.9. The molecule has 0 fully saturated rings. The first-order valence-electron chi connectivity index (χ1n) is 39.4. The largest absolute Gasteiger partial charge is 0.305 e. The van der Waals surface area contributed by atoms with E-state index in [1.54, 1.807) is 24.7 Å². The summed E-state index contributed by atoms with van der Waals surface area (Å²) in [6.07, 6.45) is 12.7. The van der Waals surface area contributed by atoms with Crippen LogP contribution >= 0.6 is 0 Å². The second-order valence-electron chi connectivity index (χ2n) is 25.7. The van der Waals surface area contributed by atoms with Gasteiger partial charge in [-0.3, -0.25) is 0 Å². The van der Waals surface area contributed by atoms with Crippen LogP contribution < -0.4 is 0 Å². The predicted molar refractivity (Wildman–Crippen MR) is 465 cm³/mol. The second kappa shape index (κ2) is 49.1. The van der Waals surface area contributed by atoms with E-state index < -0.39 is 6.04 Å². The zero-order chi connectivity index (χ0) is 82.2. The average molecular weight is 2230 g/mol. The molecule has 0 aliphatic carbocycles. The minimum absolute atomic E-state index is 0. The first kappa shape index (κ1) is 83.0. The molecule has 7 heterocycles. The van der Waals surface area contributed by atoms with E-state index in [0.717, 1.165) is 84.4 Å². The summed E-state index contributed by atoms with van der Waals surface area (Å²) in [6.45, 7) is 10.2. The molecule has 0 saturated carbocycles. The van der Waals surface area contributed by atoms with Crippen molar-refractivity contribution in [3.05, 3.63) is 478 Å². The monoisotopic (exact) mass is 2230 g/mol. The molecule has 0 unspecified atom stereocenters. The summed E-state index contributed by atoms with van der Waals surface area (Å²) in [5.74, 6) is 0. The van der Waals surface area contributed by atoms with Crippen molar-refractivity contribution in [1.29, 1.82) is 0 Å². The molecule has 0 atom stereocenters. The molecule has 18 rings (SSSR count). The standard InChI is InChI=1S/3C18H14N.C17H12N.2C12H10N.C11H8N.4Ir/c3*1-14-12-18(16-10-6-3-7-11-16)19-13-17(14)15-8-4-2-5-9-15;1-3-7-14(8-4-1)16-11-12-18-17(13-16)15-9-5-2-6-10-15;1-10-6-2-3-7-11(10)12-8-4-5-9-13-12;1-10-6-5-9-13-12(10)11-7-3-2-4-8-11;1-2-6-10(7-3-1)11-8-4-5-9-12-11;;;;/h3*2-10,12-13H,1H3;1-9,11-13H;2-6,8-9H,1H3;2-7,9H,1H3;1-6,8-9H;;;;/q7*-1;;;;/i2D,4D,5D,8D,9D;;;;;;;;;;. The van der Waals surface area contributed by atoms with E-state index in [2.05, 4.69) is 172 Å². The number of aromatic nitrogens is 7. The zero-order valence-corrected chi connectivity index (χ0v) is 74.3. The average Bonchev–Trinajstić information content (AvgIpc) is 0.770. The summed E-state index contributed by atoms with van der Waals surface area (Å²) in [5, 5.41) is 0. The van der Waals surface area contributed by atoms with Crippen LogP contribution in [0.5, 0.6) is 0 Å². The molecule has 7 aromatic heterocycles. The third kappa shape index (κ3) is 27.4. The summed E-state index contributed by atoms with van der Waals surface area (Å²) in [5.41, 5.74) is 27.2. The number of benzene rings is 11. The van der Waals surface area contributed by atoms with Gasteiger partial charge in [0.25, 0.3) is 0 Å². The zero-order valence-electron chi connectivity index (χ0n) is 69.8. The van der Waals surface area contributed by atoms with Crippen LogP contribution in [0.15, 0.2) is 407 Å². The number of pyridine rings is 7. The first-order valence-corrected chi connectivity index (χ1v) is 36.9. The van der Waals surface area contributed by atoms with Gasteiger partial charge in [0, 0.05) is 140 Å². The molecular formula is C106H82Ir4N7-7. The Morgan fingerprint density at radius 2 is 0.564 bits per heavy atom. The molecule has 11 aromatic carbocycles. The summed E-state index contributed by atoms with van der Waals surface area (Å²) in [4.78, 5) is 30.7. The predicted octanol–water partition coefficient (Wildman–Crippen LogP) is 26.0. The van der Waals surface area contributed by atoms with Gasteiger partial charge in [0.05, 0.1) is 6.85 Å². The molecule has 18 aromatic rings. The van der Waals surface area contributed by atoms with Gasteiger partial charge in [-0.05, 0) is 136 Å². The van der Waals surface area contributed by atoms with Gasteiger partial charge in [0.1, 0.15) is 0 Å². The minimum Gasteiger partial charge on any atom is -0.305 e. The van der Waals surface area contributed by atoms with Crippen molar-refractivity contribution in [2.75, 3.05) is 0 Å². The van der Waals surface area contributed by atoms with Gasteiger partial charge < -0.3 is 34.9 Å². The Morgan fingerprint density at radius 3 is 0.949 bits per heavy atom. The van der Waals surface area contributed by atoms with Crippen molar-refractivity contribution in [1.82, 2.24) is 34.9 Å². The Hall–Kier alpha value is -11.9. The van der Waals surface area contributed by atoms with Crippen LogP contribution in [0.3, 0.4) is 0 Å². The quantitative estimate of drug-likeness (QED) is 0.119. The molecule has 0 N–H and O–H groups in total. The van der Waals surface area contributed by atoms with E-state index >= 15 is 0 Å². The maximum absolute atomic E-state index is 8.08. The van der Waals surface area contributed by atoms with Crippen LogP contribution in [0.4, 0.5) is 0 Å². The van der Waals surface area contributed by atoms with Crippen molar-refractivity contribution in [2.24, 2.45) is 0 Å². The molecule has 0 aliphatic heterocycles. The van der Waals surface area contributed by atoms with E-state index in [1.807, 2.05) is 293 Å². The van der Waals surface area contributed by atoms with Gasteiger partial charge in [-0.2, -0.15) is 0 Å². The number of hydrogen-bond acceptors (Lipinski definition) is 7. The molecular weight excluding hydrogens is 2140 g/mol. The van der Waals surface area contributed by atoms with Crippen LogP contribution in [0.2, 0.25) is 0 Å². The number of rotatable bonds is 11. The summed E-state index contributed by atoms with van der Waals surface area (Å²) in [6, 6.07) is 131. The fourth-order valence-electron chi connectivity index (χ4n) is 11.9. The Kier molecular flexibility index (Phi) is 34.8. The summed E-state index contributed by atoms with van der Waals surface area (Å²) in [7, 11) is 0. The van der Waals surface area contributed by atoms with Crippen LogP contribution in [0, 0.1) is 77.1 Å². The summed E-state index contributed by atoms with van der Waals surface area (Å²) >= 11 is 0. The molecule has 7 nitrogen and oxygen atoms in total. The van der Waals surface area contributed by atoms with E-state index in [1.165, 1.54) is 55.6 Å². The molecule has 4 radical (unpaired) electrons. The van der Waals surface area contributed by atoms with Gasteiger partial charge in [-0.15, -0.1) is 251 Å². The maximum Gasteiger partial charge on any atom is 0.0629 e. The molecule has 117 heavy (non-hydrogen) atoms. The van der Waals surface area contributed by atoms with E-state index in [4.69, 9.17) is 6.85 Å². The SMILES string of the molecule is Cc1cc(-c2[c-]cccc2)ncc1-c1ccccc1.Cc1cc(-c2[c-]cccc2)ncc1-c1ccccc1.Cc1ccc[c-]c1-c1ccccn1.Cc1cccnc1-c1[c-]cccc1.[2H]c1c([2H])c([2H])c(-c2cnc(-c3[c-]cccc3)cc2C)c([2H])c1[2H].[Ir].[Ir].[Ir].[Ir].[c-]1ccccc1-c1cc(-c2ccccc2)ccn1.[c-]1ccccc1-c1ccccn1. The van der Waals surface area contributed by atoms with E-state index in [-0.39, 0.29) is 110 Å². The summed E-state index contributed by atoms with van der Waals surface area (Å²) < 4.78 is 39.4. The topological polar surface area (TPSA) is 90.2 Å². The van der Waals surface area contributed by atoms with E-state index in [9.17, 15) is 0 Å². The van der Waals surface area contributed by atoms with Crippen molar-refractivity contribution < 1.29 is 87.3 Å². The van der Waals surface area contributed by atoms with E-state index in [0.29, 0.717) is 5.56 Å². The second-order valence-corrected chi connectivity index (χ2v) is 25.7. The van der Waals surface area contributed by atoms with Crippen molar-refractivity contribution in [3.63, 3.8) is 0 Å². The van der Waals surface area contributed by atoms with Crippen LogP contribution in [-0.4, -0.2) is 34.9 Å². The Balaban J connectivity index is 0.000000178. The fraction of sp³-hybridized carbons (Fsp3) is 0.0472. The van der Waals surface area contributed by atoms with Crippen molar-refractivity contribution in [3.8, 4) is 123 Å². The van der Waals surface area contributed by atoms with Crippen molar-refractivity contribution in [2.45, 2.75) is 34.6 Å². The maximum atomic E-state index is 8.08. The first-order chi connectivity index (χ1) is 57.8. The van der Waals surface area contributed by atoms with Gasteiger partial charge in [-0.25, -0.2) is 0 Å². The number of hydrogen-bond donors (Lipinski definition) is 0. The van der Waals surface area contributed by atoms with Gasteiger partial charge in [0.2, 0.25) is 0 Å². The molecule has 0 saturated heterocycles. The molecule has 11 heteroatoms. The van der Waals surface area contributed by atoms with Crippen LogP contribution in [0.1, 0.15) is 34.7 Å². The van der Waals surface area contributed by atoms with Gasteiger partial charge in [0.15, 0.2) is 0 Å². The molecule has 0 spiro atoms. The molecule has 0 bridgehead atoms. The Morgan fingerprint density at radius 1 is 0.222 bits per heavy atom. The third-order valence-corrected chi connectivity index (χ3v) is 17.7. The van der Waals surface area contributed by atoms with Crippen LogP contribution in [-0.2, 0) is 80.4 Å². The molecule has 0 amide bonds. The van der Waals surface area contributed by atoms with Crippen molar-refractivity contribution >= 4 is 0 Å². The Labute approximate surface area is 751 Å². The molecule has 0 aliphatic rings. The van der Waals surface area contributed by atoms with Gasteiger partial charge >= 0.3 is 0 Å². The smallest absolute Gasteiger partial charge is 0.0629 e. The third-order valence-electron chi connectivity index (χ3n) is 17.7. The molecule has 584 valence electrons. The normalized spacial score (nSPS) is 10.4. The van der Waals surface area contributed by atoms with Gasteiger partial charge in [-0.1, -0.05) is 188 Å². The number of nitrogens with zero attached hydrogens (tertiary/aromatic N) is 7. The minimum atomic E-state index is -0.394. The Bertz CT molecular complexity index is 5830. The van der Waals surface area contributed by atoms with Crippen LogP contribution in [0.25, 0.3) is 123 Å². The number of aryl methyl sites for hydroxylation is 5.